The van der Waals surface area contributed by atoms with E-state index in [0.29, 0.717) is 39.9 Å². The summed E-state index contributed by atoms with van der Waals surface area (Å²) in [6, 6.07) is 11.9. The molecule has 1 N–H and O–H groups in total. The molecule has 0 aliphatic carbocycles. The van der Waals surface area contributed by atoms with Crippen molar-refractivity contribution >= 4 is 55.6 Å². The van der Waals surface area contributed by atoms with Crippen LogP contribution in [0.1, 0.15) is 52.5 Å². The van der Waals surface area contributed by atoms with Gasteiger partial charge in [0.05, 0.1) is 7.11 Å². The predicted octanol–water partition coefficient (Wildman–Crippen LogP) is 5.84. The number of pyridine rings is 1. The molecule has 10 heteroatoms. The number of nitrogens with one attached hydrogen (secondary N) is 1. The van der Waals surface area contributed by atoms with Crippen molar-refractivity contribution in [3.8, 4) is 5.88 Å². The molecular formula is C28H30N4O4S2. The van der Waals surface area contributed by atoms with Gasteiger partial charge in [-0.3, -0.25) is 19.7 Å². The maximum absolute atomic E-state index is 13.2. The molecule has 0 bridgehead atoms. The van der Waals surface area contributed by atoms with Gasteiger partial charge in [-0.15, -0.1) is 22.7 Å². The topological polar surface area (TPSA) is 101 Å². The number of hydrogen-bond donors (Lipinski definition) is 1. The number of benzene rings is 1. The van der Waals surface area contributed by atoms with Gasteiger partial charge in [-0.1, -0.05) is 49.2 Å². The van der Waals surface area contributed by atoms with Gasteiger partial charge in [0, 0.05) is 41.0 Å². The Bertz CT molecular complexity index is 1400. The van der Waals surface area contributed by atoms with E-state index in [1.165, 1.54) is 35.3 Å². The van der Waals surface area contributed by atoms with Gasteiger partial charge in [0.25, 0.3) is 17.6 Å². The molecule has 1 aromatic carbocycles. The molecule has 1 saturated heterocycles. The molecule has 0 radical (unpaired) electrons. The van der Waals surface area contributed by atoms with Gasteiger partial charge in [-0.2, -0.15) is 0 Å². The third-order valence-electron chi connectivity index (χ3n) is 6.48. The molecule has 4 aromatic rings. The highest BCUT2D eigenvalue weighted by Gasteiger charge is 2.28. The fourth-order valence-electron chi connectivity index (χ4n) is 4.24. The largest absolute Gasteiger partial charge is 0.480 e. The normalized spacial score (nSPS) is 13.5. The Kier molecular flexibility index (Phi) is 9.19. The van der Waals surface area contributed by atoms with Crippen molar-refractivity contribution < 1.29 is 19.1 Å². The lowest BCUT2D eigenvalue weighted by molar-refractivity contribution is -0.112. The van der Waals surface area contributed by atoms with Crippen LogP contribution in [-0.2, 0) is 4.79 Å². The Hall–Kier alpha value is -3.63. The zero-order valence-electron chi connectivity index (χ0n) is 21.6. The Morgan fingerprint density at radius 3 is 2.42 bits per heavy atom. The van der Waals surface area contributed by atoms with E-state index >= 15 is 0 Å². The zero-order valence-corrected chi connectivity index (χ0v) is 23.2. The number of thiophene rings is 1. The molecule has 1 fully saturated rings. The molecule has 5 rings (SSSR count). The van der Waals surface area contributed by atoms with E-state index in [0.717, 1.165) is 19.3 Å². The van der Waals surface area contributed by atoms with Gasteiger partial charge < -0.3 is 9.64 Å². The number of likely N-dealkylation sites (tertiary alicyclic amines) is 1. The van der Waals surface area contributed by atoms with Gasteiger partial charge in [0.1, 0.15) is 10.4 Å². The lowest BCUT2D eigenvalue weighted by atomic mass is 9.94. The van der Waals surface area contributed by atoms with E-state index < -0.39 is 11.7 Å². The summed E-state index contributed by atoms with van der Waals surface area (Å²) < 4.78 is 5.37. The van der Waals surface area contributed by atoms with E-state index in [-0.39, 0.29) is 17.4 Å². The first kappa shape index (κ1) is 27.4. The molecule has 0 atom stereocenters. The number of thiazole rings is 1. The lowest BCUT2D eigenvalue weighted by Crippen LogP contribution is -2.38. The van der Waals surface area contributed by atoms with Gasteiger partial charge in [0.2, 0.25) is 5.88 Å². The molecule has 2 amide bonds. The average molecular weight is 551 g/mol. The molecule has 1 aliphatic heterocycles. The molecule has 8 nitrogen and oxygen atoms in total. The Morgan fingerprint density at radius 1 is 1.11 bits per heavy atom. The second-order valence-corrected chi connectivity index (χ2v) is 10.7. The summed E-state index contributed by atoms with van der Waals surface area (Å²) in [5, 5.41) is 6.61. The number of amides is 2. The van der Waals surface area contributed by atoms with Crippen molar-refractivity contribution in [2.45, 2.75) is 33.1 Å². The molecule has 0 unspecified atom stereocenters. The Balaban J connectivity index is 0.000000417. The number of carbonyl (C=O) groups is 3. The number of hydrogen-bond acceptors (Lipinski definition) is 8. The summed E-state index contributed by atoms with van der Waals surface area (Å²) in [7, 11) is 1.47. The van der Waals surface area contributed by atoms with E-state index in [1.807, 2.05) is 18.2 Å². The monoisotopic (exact) mass is 550 g/mol. The van der Waals surface area contributed by atoms with Crippen LogP contribution in [0.3, 0.4) is 0 Å². The minimum atomic E-state index is -0.778. The number of piperidine rings is 1. The number of nitrogens with zero attached hydrogens (tertiary/aromatic N) is 3. The summed E-state index contributed by atoms with van der Waals surface area (Å²) in [6.45, 7) is 5.62. The number of ether oxygens (including phenoxy) is 1. The zero-order chi connectivity index (χ0) is 27.1. The molecule has 0 spiro atoms. The highest BCUT2D eigenvalue weighted by Crippen LogP contribution is 2.32. The van der Waals surface area contributed by atoms with Crippen LogP contribution < -0.4 is 10.1 Å². The predicted molar refractivity (Wildman–Crippen MR) is 151 cm³/mol. The van der Waals surface area contributed by atoms with E-state index in [1.54, 1.807) is 27.9 Å². The SMILES string of the molecule is CCC1CCN(C(=O)c2cc3c(C(=O)C(=O)Nc4nccs4)csc3nc2OC)CC1.Cc1ccccc1. The van der Waals surface area contributed by atoms with Crippen LogP contribution in [0.5, 0.6) is 5.88 Å². The smallest absolute Gasteiger partial charge is 0.298 e. The molecular weight excluding hydrogens is 520 g/mol. The molecule has 3 aromatic heterocycles. The maximum atomic E-state index is 13.2. The van der Waals surface area contributed by atoms with E-state index in [4.69, 9.17) is 4.74 Å². The minimum absolute atomic E-state index is 0.169. The van der Waals surface area contributed by atoms with Crippen molar-refractivity contribution in [2.75, 3.05) is 25.5 Å². The number of anilines is 1. The Morgan fingerprint density at radius 2 is 1.84 bits per heavy atom. The standard InChI is InChI=1S/C21H22N4O4S2.C7H8/c1-3-12-4-7-25(8-5-12)20(28)14-10-13-15(11-31-19(13)24-18(14)29-2)16(26)17(27)23-21-22-6-9-30-21;1-7-5-3-2-4-6-7/h6,9-12H,3-5,7-8H2,1-2H3,(H,22,23,27);2-6H,1H3. The molecule has 4 heterocycles. The van der Waals surface area contributed by atoms with Crippen molar-refractivity contribution in [2.24, 2.45) is 5.92 Å². The van der Waals surface area contributed by atoms with Crippen LogP contribution >= 0.6 is 22.7 Å². The fraction of sp³-hybridized carbons (Fsp3) is 0.321. The molecule has 198 valence electrons. The highest BCUT2D eigenvalue weighted by molar-refractivity contribution is 7.17. The van der Waals surface area contributed by atoms with E-state index in [9.17, 15) is 14.4 Å². The quantitative estimate of drug-likeness (QED) is 0.239. The van der Waals surface area contributed by atoms with Crippen LogP contribution in [-0.4, -0.2) is 52.7 Å². The van der Waals surface area contributed by atoms with E-state index in [2.05, 4.69) is 41.3 Å². The maximum Gasteiger partial charge on any atom is 0.298 e. The highest BCUT2D eigenvalue weighted by atomic mass is 32.1. The summed E-state index contributed by atoms with van der Waals surface area (Å²) in [4.78, 5) is 49.1. The van der Waals surface area contributed by atoms with Crippen LogP contribution in [0.25, 0.3) is 10.2 Å². The first-order chi connectivity index (χ1) is 18.4. The number of aromatic nitrogens is 2. The third-order valence-corrected chi connectivity index (χ3v) is 8.05. The number of fused-ring (bicyclic) bond motifs is 1. The lowest BCUT2D eigenvalue weighted by Gasteiger charge is -2.31. The summed E-state index contributed by atoms with van der Waals surface area (Å²) in [5.41, 5.74) is 1.84. The summed E-state index contributed by atoms with van der Waals surface area (Å²) >= 11 is 2.45. The summed E-state index contributed by atoms with van der Waals surface area (Å²) in [6.07, 6.45) is 4.60. The molecule has 0 saturated carbocycles. The van der Waals surface area contributed by atoms with Gasteiger partial charge in [-0.05, 0) is 31.7 Å². The number of ketones is 1. The number of rotatable bonds is 6. The van der Waals surface area contributed by atoms with Crippen molar-refractivity contribution in [3.05, 3.63) is 70.0 Å². The average Bonchev–Trinajstić information content (AvgIpc) is 3.62. The summed E-state index contributed by atoms with van der Waals surface area (Å²) in [5.74, 6) is -0.777. The fourth-order valence-corrected chi connectivity index (χ4v) is 5.66. The van der Waals surface area contributed by atoms with Crippen molar-refractivity contribution in [1.82, 2.24) is 14.9 Å². The second-order valence-electron chi connectivity index (χ2n) is 8.97. The molecule has 38 heavy (non-hydrogen) atoms. The van der Waals surface area contributed by atoms with Gasteiger partial charge in [-0.25, -0.2) is 9.97 Å². The van der Waals surface area contributed by atoms with Crippen LogP contribution in [0, 0.1) is 12.8 Å². The third kappa shape index (κ3) is 6.43. The van der Waals surface area contributed by atoms with Gasteiger partial charge >= 0.3 is 0 Å². The van der Waals surface area contributed by atoms with Crippen molar-refractivity contribution in [1.29, 1.82) is 0 Å². The first-order valence-corrected chi connectivity index (χ1v) is 14.2. The minimum Gasteiger partial charge on any atom is -0.480 e. The molecule has 1 aliphatic rings. The number of carbonyl (C=O) groups excluding carboxylic acids is 3. The van der Waals surface area contributed by atoms with Crippen LogP contribution in [0.15, 0.2) is 53.4 Å². The second kappa shape index (κ2) is 12.7. The van der Waals surface area contributed by atoms with Crippen LogP contribution in [0.2, 0.25) is 0 Å². The first-order valence-electron chi connectivity index (χ1n) is 12.4. The van der Waals surface area contributed by atoms with Crippen LogP contribution in [0.4, 0.5) is 5.13 Å². The number of methoxy groups -OCH3 is 1. The Labute approximate surface area is 229 Å². The van der Waals surface area contributed by atoms with Gasteiger partial charge in [0.15, 0.2) is 5.13 Å². The number of aryl methyl sites for hydroxylation is 1. The number of Topliss-reactive ketones (excluding diaryl/α,β-unsaturated/α-hetero) is 1. The van der Waals surface area contributed by atoms with Crippen molar-refractivity contribution in [3.63, 3.8) is 0 Å².